The Morgan fingerprint density at radius 1 is 1.31 bits per heavy atom. The number of hydrogen-bond donors (Lipinski definition) is 0. The predicted molar refractivity (Wildman–Crippen MR) is 61.7 cm³/mol. The van der Waals surface area contributed by atoms with E-state index in [1.165, 1.54) is 0 Å². The highest BCUT2D eigenvalue weighted by molar-refractivity contribution is 6.52. The molecule has 0 N–H and O–H groups in total. The fraction of sp³-hybridized carbons (Fsp3) is 0.909. The molecule has 0 aromatic rings. The molecule has 0 aromatic carbocycles. The third kappa shape index (κ3) is 2.82. The molecule has 2 fully saturated rings. The van der Waals surface area contributed by atoms with Crippen molar-refractivity contribution < 1.29 is 14.3 Å². The van der Waals surface area contributed by atoms with E-state index in [-0.39, 0.29) is 24.1 Å². The molecule has 0 amide bonds. The summed E-state index contributed by atoms with van der Waals surface area (Å²) in [5.41, 5.74) is 0. The Balaban J connectivity index is 1.79. The van der Waals surface area contributed by atoms with E-state index in [2.05, 4.69) is 0 Å². The summed E-state index contributed by atoms with van der Waals surface area (Å²) in [6.45, 7) is 0. The van der Waals surface area contributed by atoms with Crippen LogP contribution in [0.25, 0.3) is 0 Å². The van der Waals surface area contributed by atoms with E-state index in [1.807, 2.05) is 0 Å². The molecule has 2 aliphatic rings. The van der Waals surface area contributed by atoms with Crippen LogP contribution in [0.1, 0.15) is 32.1 Å². The van der Waals surface area contributed by atoms with Gasteiger partial charge in [0.15, 0.2) is 0 Å². The minimum Gasteiger partial charge on any atom is -0.462 e. The molecule has 0 aromatic heterocycles. The van der Waals surface area contributed by atoms with Crippen molar-refractivity contribution in [3.63, 3.8) is 0 Å². The van der Waals surface area contributed by atoms with Crippen molar-refractivity contribution in [2.24, 2.45) is 5.92 Å². The van der Waals surface area contributed by atoms with E-state index >= 15 is 0 Å². The van der Waals surface area contributed by atoms with Crippen LogP contribution < -0.4 is 0 Å². The van der Waals surface area contributed by atoms with Gasteiger partial charge in [-0.1, -0.05) is 0 Å². The first-order valence-corrected chi connectivity index (χ1v) is 6.39. The van der Waals surface area contributed by atoms with Crippen LogP contribution in [0.15, 0.2) is 0 Å². The molecule has 3 atom stereocenters. The molecule has 0 radical (unpaired) electrons. The maximum absolute atomic E-state index is 11.7. The van der Waals surface area contributed by atoms with Gasteiger partial charge in [-0.3, -0.25) is 4.79 Å². The Bertz CT molecular complexity index is 280. The second-order valence-electron chi connectivity index (χ2n) is 4.60. The number of alkyl halides is 2. The number of carbonyl (C=O) groups is 1. The van der Waals surface area contributed by atoms with Gasteiger partial charge in [0.25, 0.3) is 0 Å². The lowest BCUT2D eigenvalue weighted by Crippen LogP contribution is -2.30. The van der Waals surface area contributed by atoms with Crippen LogP contribution in [0.5, 0.6) is 0 Å². The van der Waals surface area contributed by atoms with E-state index in [4.69, 9.17) is 32.7 Å². The summed E-state index contributed by atoms with van der Waals surface area (Å²) in [6.07, 6.45) is 4.47. The molecule has 2 aliphatic carbocycles. The summed E-state index contributed by atoms with van der Waals surface area (Å²) in [7, 11) is 1.69. The number of methoxy groups -OCH3 is 1. The molecule has 2 saturated carbocycles. The highest BCUT2D eigenvalue weighted by atomic mass is 35.5. The zero-order valence-corrected chi connectivity index (χ0v) is 10.8. The van der Waals surface area contributed by atoms with Crippen LogP contribution in [0.4, 0.5) is 0 Å². The van der Waals surface area contributed by atoms with Gasteiger partial charge in [-0.2, -0.15) is 0 Å². The first kappa shape index (κ1) is 12.5. The summed E-state index contributed by atoms with van der Waals surface area (Å²) in [5.74, 6) is -0.592. The second-order valence-corrected chi connectivity index (χ2v) is 6.14. The van der Waals surface area contributed by atoms with E-state index in [0.29, 0.717) is 6.42 Å². The largest absolute Gasteiger partial charge is 0.462 e. The Kier molecular flexibility index (Phi) is 3.67. The standard InChI is InChI=1S/C11H16Cl2O3/c1-15-7-3-2-4-8(5-7)16-10(14)9-6-11(9,12)13/h7-9H,2-6H2,1H3/t7-,8+,9-/m1/s1. The summed E-state index contributed by atoms with van der Waals surface area (Å²) in [5, 5.41) is 0. The fourth-order valence-electron chi connectivity index (χ4n) is 2.14. The van der Waals surface area contributed by atoms with Crippen LogP contribution in [0.3, 0.4) is 0 Å². The van der Waals surface area contributed by atoms with Crippen LogP contribution in [-0.4, -0.2) is 29.6 Å². The lowest BCUT2D eigenvalue weighted by Gasteiger charge is -2.27. The highest BCUT2D eigenvalue weighted by Gasteiger charge is 2.57. The first-order chi connectivity index (χ1) is 7.53. The predicted octanol–water partition coefficient (Wildman–Crippen LogP) is 2.68. The van der Waals surface area contributed by atoms with Crippen molar-refractivity contribution in [1.82, 2.24) is 0 Å². The zero-order chi connectivity index (χ0) is 11.8. The third-order valence-corrected chi connectivity index (χ3v) is 4.14. The molecule has 2 rings (SSSR count). The van der Waals surface area contributed by atoms with Gasteiger partial charge in [-0.15, -0.1) is 23.2 Å². The molecule has 3 nitrogen and oxygen atoms in total. The Hall–Kier alpha value is 0.01000. The van der Waals surface area contributed by atoms with Crippen molar-refractivity contribution in [3.05, 3.63) is 0 Å². The molecule has 16 heavy (non-hydrogen) atoms. The molecule has 5 heteroatoms. The molecule has 0 heterocycles. The maximum Gasteiger partial charge on any atom is 0.312 e. The van der Waals surface area contributed by atoms with Crippen molar-refractivity contribution in [2.75, 3.05) is 7.11 Å². The molecule has 0 unspecified atom stereocenters. The number of halogens is 2. The van der Waals surface area contributed by atoms with Gasteiger partial charge in [0, 0.05) is 13.5 Å². The average Bonchev–Trinajstić information content (AvgIpc) is 2.88. The van der Waals surface area contributed by atoms with Gasteiger partial charge >= 0.3 is 5.97 Å². The molecular weight excluding hydrogens is 251 g/mol. The van der Waals surface area contributed by atoms with E-state index < -0.39 is 4.33 Å². The van der Waals surface area contributed by atoms with E-state index in [0.717, 1.165) is 25.7 Å². The van der Waals surface area contributed by atoms with Crippen LogP contribution in [0, 0.1) is 5.92 Å². The SMILES string of the molecule is CO[C@@H]1CCC[C@H](OC(=O)[C@H]2CC2(Cl)Cl)C1. The Labute approximate surface area is 105 Å². The van der Waals surface area contributed by atoms with Crippen molar-refractivity contribution in [3.8, 4) is 0 Å². The molecule has 0 spiro atoms. The smallest absolute Gasteiger partial charge is 0.312 e. The van der Waals surface area contributed by atoms with Gasteiger partial charge in [-0.25, -0.2) is 0 Å². The highest BCUT2D eigenvalue weighted by Crippen LogP contribution is 2.53. The fourth-order valence-corrected chi connectivity index (χ4v) is 2.63. The van der Waals surface area contributed by atoms with Crippen molar-refractivity contribution in [1.29, 1.82) is 0 Å². The number of rotatable bonds is 3. The summed E-state index contributed by atoms with van der Waals surface area (Å²) >= 11 is 11.6. The Morgan fingerprint density at radius 3 is 2.50 bits per heavy atom. The monoisotopic (exact) mass is 266 g/mol. The van der Waals surface area contributed by atoms with Gasteiger partial charge in [0.2, 0.25) is 0 Å². The maximum atomic E-state index is 11.7. The van der Waals surface area contributed by atoms with Crippen LogP contribution >= 0.6 is 23.2 Å². The molecule has 0 saturated heterocycles. The number of hydrogen-bond acceptors (Lipinski definition) is 3. The molecule has 0 aliphatic heterocycles. The summed E-state index contributed by atoms with van der Waals surface area (Å²) in [6, 6.07) is 0. The molecular formula is C11H16Cl2O3. The van der Waals surface area contributed by atoms with Crippen LogP contribution in [0.2, 0.25) is 0 Å². The minimum atomic E-state index is -0.883. The van der Waals surface area contributed by atoms with Gasteiger partial charge in [-0.05, 0) is 25.7 Å². The first-order valence-electron chi connectivity index (χ1n) is 5.64. The number of ether oxygens (including phenoxy) is 2. The lowest BCUT2D eigenvalue weighted by atomic mass is 9.95. The molecule has 92 valence electrons. The van der Waals surface area contributed by atoms with Crippen molar-refractivity contribution in [2.45, 2.75) is 48.6 Å². The number of carbonyl (C=O) groups excluding carboxylic acids is 1. The van der Waals surface area contributed by atoms with Crippen molar-refractivity contribution >= 4 is 29.2 Å². The third-order valence-electron chi connectivity index (χ3n) is 3.30. The van der Waals surface area contributed by atoms with E-state index in [1.54, 1.807) is 7.11 Å². The lowest BCUT2D eigenvalue weighted by molar-refractivity contribution is -0.154. The quantitative estimate of drug-likeness (QED) is 0.582. The minimum absolute atomic E-state index is 0.0315. The van der Waals surface area contributed by atoms with Crippen LogP contribution in [-0.2, 0) is 14.3 Å². The second kappa shape index (κ2) is 4.71. The summed E-state index contributed by atoms with van der Waals surface area (Å²) in [4.78, 5) is 11.7. The van der Waals surface area contributed by atoms with Gasteiger partial charge in [0.05, 0.1) is 12.0 Å². The van der Waals surface area contributed by atoms with Gasteiger partial charge < -0.3 is 9.47 Å². The summed E-state index contributed by atoms with van der Waals surface area (Å²) < 4.78 is 9.79. The topological polar surface area (TPSA) is 35.5 Å². The van der Waals surface area contributed by atoms with E-state index in [9.17, 15) is 4.79 Å². The molecule has 0 bridgehead atoms. The van der Waals surface area contributed by atoms with Gasteiger partial charge in [0.1, 0.15) is 10.4 Å². The average molecular weight is 267 g/mol. The normalized spacial score (nSPS) is 36.8. The Morgan fingerprint density at radius 2 is 1.94 bits per heavy atom. The number of esters is 1. The zero-order valence-electron chi connectivity index (χ0n) is 9.25.